The molecule has 61 heavy (non-hydrogen) atoms. The highest BCUT2D eigenvalue weighted by Crippen LogP contribution is 2.59. The van der Waals surface area contributed by atoms with Gasteiger partial charge in [0.25, 0.3) is 0 Å². The van der Waals surface area contributed by atoms with Crippen LogP contribution in [0.25, 0.3) is 11.3 Å². The Morgan fingerprint density at radius 3 is 2.39 bits per heavy atom. The third-order valence-corrected chi connectivity index (χ3v) is 13.2. The normalized spacial score (nSPS) is 22.5. The van der Waals surface area contributed by atoms with E-state index in [2.05, 4.69) is 18.3 Å². The van der Waals surface area contributed by atoms with Crippen LogP contribution in [0.4, 0.5) is 18.0 Å². The number of ketones is 1. The first-order valence-corrected chi connectivity index (χ1v) is 21.3. The fraction of sp³-hybridized carbons (Fsp3) is 0.360. The summed E-state index contributed by atoms with van der Waals surface area (Å²) >= 11 is 6.36. The number of amides is 2. The summed E-state index contributed by atoms with van der Waals surface area (Å²) in [7, 11) is 0. The molecule has 320 valence electrons. The Hall–Kier alpha value is -5.16. The number of carbonyl (C=O) groups is 2. The Morgan fingerprint density at radius 2 is 1.67 bits per heavy atom. The summed E-state index contributed by atoms with van der Waals surface area (Å²) in [6, 6.07) is 30.2. The maximum Gasteiger partial charge on any atom is 0.416 e. The van der Waals surface area contributed by atoms with Crippen molar-refractivity contribution in [3.8, 4) is 11.3 Å². The van der Waals surface area contributed by atoms with Crippen molar-refractivity contribution in [3.63, 3.8) is 0 Å². The predicted octanol–water partition coefficient (Wildman–Crippen LogP) is 11.9. The molecule has 1 aromatic heterocycles. The number of carbonyl (C=O) groups excluding carboxylic acids is 2. The molecule has 4 aromatic carbocycles. The third-order valence-electron chi connectivity index (χ3n) is 12.9. The highest BCUT2D eigenvalue weighted by Gasteiger charge is 2.58. The number of nitrogens with zero attached hydrogens (tertiary/aromatic N) is 1. The number of hydrogen-bond donors (Lipinski definition) is 3. The van der Waals surface area contributed by atoms with Crippen LogP contribution in [0, 0.1) is 5.41 Å². The number of halogens is 4. The molecule has 1 heterocycles. The fourth-order valence-electron chi connectivity index (χ4n) is 9.25. The van der Waals surface area contributed by atoms with Crippen molar-refractivity contribution in [1.82, 2.24) is 10.2 Å². The van der Waals surface area contributed by atoms with Gasteiger partial charge in [-0.25, -0.2) is 4.79 Å². The Morgan fingerprint density at radius 1 is 0.951 bits per heavy atom. The number of furan rings is 1. The lowest BCUT2D eigenvalue weighted by atomic mass is 9.64. The van der Waals surface area contributed by atoms with Crippen molar-refractivity contribution in [3.05, 3.63) is 165 Å². The zero-order chi connectivity index (χ0) is 43.5. The van der Waals surface area contributed by atoms with Gasteiger partial charge in [0.2, 0.25) is 5.78 Å². The summed E-state index contributed by atoms with van der Waals surface area (Å²) < 4.78 is 47.0. The summed E-state index contributed by atoms with van der Waals surface area (Å²) in [5.41, 5.74) is 1.58. The van der Waals surface area contributed by atoms with E-state index in [9.17, 15) is 33.0 Å². The molecule has 5 unspecified atom stereocenters. The first-order valence-electron chi connectivity index (χ1n) is 20.9. The topological polar surface area (TPSA) is 103 Å². The zero-order valence-electron chi connectivity index (χ0n) is 34.6. The van der Waals surface area contributed by atoms with Crippen molar-refractivity contribution >= 4 is 23.4 Å². The van der Waals surface area contributed by atoms with Crippen molar-refractivity contribution < 1.29 is 37.4 Å². The molecule has 0 aliphatic heterocycles. The second-order valence-corrected chi connectivity index (χ2v) is 17.5. The quantitative estimate of drug-likeness (QED) is 0.101. The maximum atomic E-state index is 14.7. The highest BCUT2D eigenvalue weighted by atomic mass is 35.5. The van der Waals surface area contributed by atoms with Gasteiger partial charge in [-0.1, -0.05) is 103 Å². The predicted molar refractivity (Wildman–Crippen MR) is 231 cm³/mol. The third kappa shape index (κ3) is 9.67. The fourth-order valence-corrected chi connectivity index (χ4v) is 9.46. The summed E-state index contributed by atoms with van der Waals surface area (Å²) in [6.45, 7) is 6.32. The zero-order valence-corrected chi connectivity index (χ0v) is 35.4. The number of fused-ring (bicyclic) bond motifs is 8. The van der Waals surface area contributed by atoms with Crippen molar-refractivity contribution in [2.75, 3.05) is 6.54 Å². The minimum Gasteiger partial charge on any atom is -0.453 e. The molecule has 3 aliphatic carbocycles. The molecule has 0 radical (unpaired) electrons. The number of aliphatic hydroxyl groups excluding tert-OH is 1. The van der Waals surface area contributed by atoms with Crippen LogP contribution in [0.15, 0.2) is 125 Å². The Balaban J connectivity index is 1.28. The van der Waals surface area contributed by atoms with Crippen LogP contribution in [0.5, 0.6) is 0 Å². The van der Waals surface area contributed by atoms with Gasteiger partial charge in [0.05, 0.1) is 34.9 Å². The van der Waals surface area contributed by atoms with E-state index in [4.69, 9.17) is 16.0 Å². The SMILES string of the molecule is CC1=CCCC2(C)C(CCC2(O)CN(Cc2ccccc2)C(=O)NC(C)c2ccccc2)c2ccc(cc2C(=O)c2ccc(-c3cc(C(F)(F)F)ccc3Cl)o2)CC(O)CC1. The standard InChI is InChI=1S/C50H52ClF3N2O5/c1-32-11-10-25-48(3)42(24-26-49(48,60)31-56(30-34-12-6-4-7-13-34)47(59)55-33(2)36-14-8-5-9-15-36)39-20-17-35(27-38(57)19-16-32)28-40(39)46(58)45-23-22-44(61-45)41-29-37(50(52,53)54)18-21-43(41)51/h4-9,11-15,17-18,20-23,28-29,33,38,42,57,60H,10,16,19,24-27,30-31H2,1-3H3,(H,55,59). The molecule has 0 saturated heterocycles. The van der Waals surface area contributed by atoms with Crippen LogP contribution >= 0.6 is 11.6 Å². The average molecular weight is 853 g/mol. The van der Waals surface area contributed by atoms with Crippen LogP contribution < -0.4 is 5.32 Å². The second-order valence-electron chi connectivity index (χ2n) is 17.1. The number of hydrogen-bond acceptors (Lipinski definition) is 5. The van der Waals surface area contributed by atoms with Crippen molar-refractivity contribution in [1.29, 1.82) is 0 Å². The lowest BCUT2D eigenvalue weighted by Gasteiger charge is -2.46. The van der Waals surface area contributed by atoms with E-state index < -0.39 is 34.6 Å². The van der Waals surface area contributed by atoms with E-state index in [1.165, 1.54) is 12.1 Å². The van der Waals surface area contributed by atoms with E-state index in [0.29, 0.717) is 56.1 Å². The largest absolute Gasteiger partial charge is 0.453 e. The second kappa shape index (κ2) is 18.1. The number of nitrogens with one attached hydrogen (secondary N) is 1. The number of benzene rings is 4. The van der Waals surface area contributed by atoms with Gasteiger partial charge in [0.15, 0.2) is 5.76 Å². The minimum absolute atomic E-state index is 0.00105. The Kier molecular flexibility index (Phi) is 13.0. The van der Waals surface area contributed by atoms with Crippen LogP contribution in [0.2, 0.25) is 5.02 Å². The first kappa shape index (κ1) is 43.9. The van der Waals surface area contributed by atoms with Crippen LogP contribution in [0.3, 0.4) is 0 Å². The van der Waals surface area contributed by atoms with Crippen LogP contribution in [0.1, 0.15) is 115 Å². The molecule has 5 atom stereocenters. The minimum atomic E-state index is -4.61. The summed E-state index contributed by atoms with van der Waals surface area (Å²) in [6.07, 6.45) is 0.371. The molecule has 11 heteroatoms. The summed E-state index contributed by atoms with van der Waals surface area (Å²) in [5.74, 6) is -0.920. The van der Waals surface area contributed by atoms with Gasteiger partial charge in [-0.3, -0.25) is 4.79 Å². The molecule has 2 amide bonds. The maximum absolute atomic E-state index is 14.7. The molecule has 0 spiro atoms. The van der Waals surface area contributed by atoms with E-state index in [1.807, 2.05) is 86.6 Å². The lowest BCUT2D eigenvalue weighted by molar-refractivity contribution is -0.137. The molecule has 3 aliphatic rings. The molecule has 8 rings (SSSR count). The smallest absolute Gasteiger partial charge is 0.416 e. The number of aliphatic hydroxyl groups is 2. The monoisotopic (exact) mass is 852 g/mol. The van der Waals surface area contributed by atoms with E-state index in [0.717, 1.165) is 40.5 Å². The molecule has 1 saturated carbocycles. The van der Waals surface area contributed by atoms with Gasteiger partial charge in [0, 0.05) is 23.1 Å². The molecule has 1 fully saturated rings. The van der Waals surface area contributed by atoms with Crippen molar-refractivity contribution in [2.24, 2.45) is 5.41 Å². The summed E-state index contributed by atoms with van der Waals surface area (Å²) in [4.78, 5) is 30.7. The average Bonchev–Trinajstić information content (AvgIpc) is 3.82. The molecule has 2 bridgehead atoms. The molecule has 7 nitrogen and oxygen atoms in total. The molecule has 3 N–H and O–H groups in total. The van der Waals surface area contributed by atoms with Gasteiger partial charge >= 0.3 is 12.2 Å². The van der Waals surface area contributed by atoms with E-state index in [1.54, 1.807) is 11.0 Å². The van der Waals surface area contributed by atoms with Crippen LogP contribution in [-0.4, -0.2) is 45.2 Å². The number of urea groups is 1. The first-order chi connectivity index (χ1) is 29.0. The Bertz CT molecular complexity index is 2380. The van der Waals surface area contributed by atoms with E-state index >= 15 is 0 Å². The highest BCUT2D eigenvalue weighted by molar-refractivity contribution is 6.33. The number of alkyl halides is 3. The van der Waals surface area contributed by atoms with Gasteiger partial charge in [-0.2, -0.15) is 13.2 Å². The van der Waals surface area contributed by atoms with Gasteiger partial charge in [-0.15, -0.1) is 0 Å². The van der Waals surface area contributed by atoms with Gasteiger partial charge in [-0.05, 0) is 123 Å². The van der Waals surface area contributed by atoms with Gasteiger partial charge < -0.3 is 24.8 Å². The van der Waals surface area contributed by atoms with E-state index in [-0.39, 0.29) is 53.2 Å². The molecular formula is C50H52ClF3N2O5. The van der Waals surface area contributed by atoms with Crippen LogP contribution in [-0.2, 0) is 19.1 Å². The lowest BCUT2D eigenvalue weighted by Crippen LogP contribution is -2.55. The van der Waals surface area contributed by atoms with Crippen molar-refractivity contribution in [2.45, 2.75) is 102 Å². The number of rotatable bonds is 9. The van der Waals surface area contributed by atoms with Gasteiger partial charge in [0.1, 0.15) is 5.76 Å². The summed E-state index contributed by atoms with van der Waals surface area (Å²) in [5, 5.41) is 27.4. The number of allylic oxidation sites excluding steroid dienone is 2. The Labute approximate surface area is 360 Å². The molecular weight excluding hydrogens is 801 g/mol. The molecule has 5 aromatic rings.